The highest BCUT2D eigenvalue weighted by atomic mass is 19.1. The van der Waals surface area contributed by atoms with Gasteiger partial charge in [0.1, 0.15) is 17.4 Å². The lowest BCUT2D eigenvalue weighted by atomic mass is 9.96. The molecule has 12 heteroatoms. The molecule has 0 aliphatic rings. The smallest absolute Gasteiger partial charge is 0.319 e. The first-order valence-electron chi connectivity index (χ1n) is 13.9. The van der Waals surface area contributed by atoms with Crippen LogP contribution in [0.3, 0.4) is 0 Å². The third-order valence-electron chi connectivity index (χ3n) is 6.70. The van der Waals surface area contributed by atoms with Crippen molar-refractivity contribution < 1.29 is 37.8 Å². The lowest BCUT2D eigenvalue weighted by Gasteiger charge is -2.22. The molecular weight excluding hydrogens is 574 g/mol. The molecule has 44 heavy (non-hydrogen) atoms. The van der Waals surface area contributed by atoms with Gasteiger partial charge in [-0.05, 0) is 66.8 Å². The van der Waals surface area contributed by atoms with E-state index in [-0.39, 0.29) is 18.2 Å². The normalized spacial score (nSPS) is 12.2. The Morgan fingerprint density at radius 2 is 1.57 bits per heavy atom. The van der Waals surface area contributed by atoms with E-state index in [0.717, 1.165) is 17.0 Å². The number of halogens is 2. The Morgan fingerprint density at radius 1 is 0.909 bits per heavy atom. The molecule has 4 N–H and O–H groups in total. The summed E-state index contributed by atoms with van der Waals surface area (Å²) in [6, 6.07) is 15.0. The molecule has 0 aliphatic carbocycles. The number of carbonyl (C=O) groups excluding carboxylic acids is 3. The number of amides is 4. The van der Waals surface area contributed by atoms with Crippen LogP contribution in [0, 0.1) is 17.6 Å². The van der Waals surface area contributed by atoms with E-state index in [1.54, 1.807) is 48.5 Å². The monoisotopic (exact) mass is 610 g/mol. The molecule has 0 heterocycles. The van der Waals surface area contributed by atoms with Crippen molar-refractivity contribution in [3.63, 3.8) is 0 Å². The lowest BCUT2D eigenvalue weighted by Crippen LogP contribution is -2.40. The summed E-state index contributed by atoms with van der Waals surface area (Å²) < 4.78 is 32.8. The number of urea groups is 1. The summed E-state index contributed by atoms with van der Waals surface area (Å²) in [7, 11) is 1.38. The van der Waals surface area contributed by atoms with E-state index in [4.69, 9.17) is 4.74 Å². The second-order valence-corrected chi connectivity index (χ2v) is 10.7. The van der Waals surface area contributed by atoms with Gasteiger partial charge in [0.05, 0.1) is 18.5 Å². The van der Waals surface area contributed by atoms with E-state index in [2.05, 4.69) is 16.0 Å². The Hall–Kier alpha value is -5.00. The van der Waals surface area contributed by atoms with Crippen LogP contribution >= 0.6 is 0 Å². The number of ether oxygens (including phenoxy) is 1. The van der Waals surface area contributed by atoms with E-state index in [1.165, 1.54) is 14.0 Å². The van der Waals surface area contributed by atoms with Gasteiger partial charge in [-0.2, -0.15) is 0 Å². The maximum absolute atomic E-state index is 13.6. The van der Waals surface area contributed by atoms with Crippen molar-refractivity contribution >= 4 is 35.2 Å². The van der Waals surface area contributed by atoms with Gasteiger partial charge in [-0.15, -0.1) is 0 Å². The molecule has 234 valence electrons. The highest BCUT2D eigenvalue weighted by Gasteiger charge is 2.19. The van der Waals surface area contributed by atoms with Gasteiger partial charge in [-0.1, -0.05) is 38.1 Å². The van der Waals surface area contributed by atoms with Crippen LogP contribution in [0.2, 0.25) is 0 Å². The molecule has 3 aromatic carbocycles. The minimum absolute atomic E-state index is 0.0492. The van der Waals surface area contributed by atoms with Gasteiger partial charge in [-0.25, -0.2) is 13.6 Å². The Balaban J connectivity index is 1.58. The molecule has 0 saturated carbocycles. The van der Waals surface area contributed by atoms with Gasteiger partial charge in [-0.3, -0.25) is 14.4 Å². The van der Waals surface area contributed by atoms with E-state index in [9.17, 15) is 33.1 Å². The van der Waals surface area contributed by atoms with Crippen LogP contribution in [0.5, 0.6) is 5.75 Å². The lowest BCUT2D eigenvalue weighted by molar-refractivity contribution is -0.138. The fraction of sp³-hybridized carbons (Fsp3) is 0.312. The summed E-state index contributed by atoms with van der Waals surface area (Å²) in [6.45, 7) is 4.82. The highest BCUT2D eigenvalue weighted by molar-refractivity contribution is 5.94. The highest BCUT2D eigenvalue weighted by Crippen LogP contribution is 2.25. The van der Waals surface area contributed by atoms with Gasteiger partial charge in [0.15, 0.2) is 6.61 Å². The van der Waals surface area contributed by atoms with Crippen LogP contribution in [0.1, 0.15) is 50.3 Å². The number of anilines is 2. The summed E-state index contributed by atoms with van der Waals surface area (Å²) in [4.78, 5) is 50.1. The average Bonchev–Trinajstić information content (AvgIpc) is 2.97. The Kier molecular flexibility index (Phi) is 11.8. The molecule has 0 saturated heterocycles. The van der Waals surface area contributed by atoms with Crippen LogP contribution < -0.4 is 25.6 Å². The van der Waals surface area contributed by atoms with Crippen molar-refractivity contribution in [2.45, 2.75) is 39.2 Å². The summed E-state index contributed by atoms with van der Waals surface area (Å²) in [5.41, 5.74) is 1.67. The first-order valence-corrected chi connectivity index (χ1v) is 13.9. The zero-order valence-electron chi connectivity index (χ0n) is 24.9. The summed E-state index contributed by atoms with van der Waals surface area (Å²) in [5, 5.41) is 17.2. The fourth-order valence-corrected chi connectivity index (χ4v) is 4.30. The molecule has 0 spiro atoms. The Morgan fingerprint density at radius 3 is 2.23 bits per heavy atom. The van der Waals surface area contributed by atoms with Crippen LogP contribution in [0.15, 0.2) is 66.7 Å². The molecule has 2 unspecified atom stereocenters. The minimum Gasteiger partial charge on any atom is -0.484 e. The second-order valence-electron chi connectivity index (χ2n) is 10.7. The number of benzene rings is 3. The predicted octanol–water partition coefficient (Wildman–Crippen LogP) is 5.22. The molecule has 0 bridgehead atoms. The van der Waals surface area contributed by atoms with E-state index in [1.807, 2.05) is 13.8 Å². The van der Waals surface area contributed by atoms with E-state index < -0.39 is 54.0 Å². The number of nitrogens with one attached hydrogen (secondary N) is 3. The standard InChI is InChI=1S/C32H36F2N4O6/c1-19(2)11-28(37-29(39)17-35-32(43)36-25-9-5-7-21(12-25)20(3)31(41)42)22-8-6-10-27(13-22)44-18-30(40)38(4)26-15-23(33)14-24(34)16-26/h5-10,12-16,19-20,28H,11,17-18H2,1-4H3,(H,37,39)(H,41,42)(H2,35,36,43). The van der Waals surface area contributed by atoms with Gasteiger partial charge < -0.3 is 30.7 Å². The maximum atomic E-state index is 13.6. The molecule has 10 nitrogen and oxygen atoms in total. The zero-order chi connectivity index (χ0) is 32.4. The van der Waals surface area contributed by atoms with Crippen molar-refractivity contribution in [2.75, 3.05) is 30.4 Å². The van der Waals surface area contributed by atoms with E-state index >= 15 is 0 Å². The third kappa shape index (κ3) is 10.1. The zero-order valence-corrected chi connectivity index (χ0v) is 24.9. The number of aliphatic carboxylic acids is 1. The number of likely N-dealkylation sites (N-methyl/N-ethyl adjacent to an activating group) is 1. The second kappa shape index (κ2) is 15.5. The largest absolute Gasteiger partial charge is 0.484 e. The Bertz CT molecular complexity index is 1480. The summed E-state index contributed by atoms with van der Waals surface area (Å²) >= 11 is 0. The van der Waals surface area contributed by atoms with Crippen molar-refractivity contribution in [1.29, 1.82) is 0 Å². The van der Waals surface area contributed by atoms with Crippen molar-refractivity contribution in [1.82, 2.24) is 10.6 Å². The Labute approximate surface area is 254 Å². The molecule has 0 aromatic heterocycles. The van der Waals surface area contributed by atoms with Gasteiger partial charge in [0.2, 0.25) is 5.91 Å². The van der Waals surface area contributed by atoms with Crippen LogP contribution in [-0.2, 0) is 14.4 Å². The van der Waals surface area contributed by atoms with Crippen LogP contribution in [-0.4, -0.2) is 49.1 Å². The number of rotatable bonds is 13. The van der Waals surface area contributed by atoms with Gasteiger partial charge >= 0.3 is 12.0 Å². The topological polar surface area (TPSA) is 137 Å². The summed E-state index contributed by atoms with van der Waals surface area (Å²) in [5.74, 6) is -3.77. The number of nitrogens with zero attached hydrogens (tertiary/aromatic N) is 1. The van der Waals surface area contributed by atoms with Crippen LogP contribution in [0.4, 0.5) is 25.0 Å². The first-order chi connectivity index (χ1) is 20.8. The van der Waals surface area contributed by atoms with Gasteiger partial charge in [0, 0.05) is 24.5 Å². The fourth-order valence-electron chi connectivity index (χ4n) is 4.30. The van der Waals surface area contributed by atoms with Gasteiger partial charge in [0.25, 0.3) is 5.91 Å². The number of carboxylic acid groups (broad SMARTS) is 1. The number of carboxylic acids is 1. The molecule has 0 fully saturated rings. The molecular formula is C32H36F2N4O6. The maximum Gasteiger partial charge on any atom is 0.319 e. The number of carbonyl (C=O) groups is 4. The predicted molar refractivity (Wildman–Crippen MR) is 162 cm³/mol. The van der Waals surface area contributed by atoms with Crippen molar-refractivity contribution in [3.8, 4) is 5.75 Å². The number of hydrogen-bond donors (Lipinski definition) is 4. The molecule has 3 aromatic rings. The SMILES string of the molecule is CC(C)CC(NC(=O)CNC(=O)Nc1cccc(C(C)C(=O)O)c1)c1cccc(OCC(=O)N(C)c2cc(F)cc(F)c2)c1. The average molecular weight is 611 g/mol. The molecule has 0 aliphatic heterocycles. The third-order valence-corrected chi connectivity index (χ3v) is 6.70. The first kappa shape index (κ1) is 33.5. The molecule has 0 radical (unpaired) electrons. The minimum atomic E-state index is -0.990. The quantitative estimate of drug-likeness (QED) is 0.210. The molecule has 4 amide bonds. The summed E-state index contributed by atoms with van der Waals surface area (Å²) in [6.07, 6.45) is 0.572. The van der Waals surface area contributed by atoms with E-state index in [0.29, 0.717) is 35.1 Å². The van der Waals surface area contributed by atoms with Crippen molar-refractivity contribution in [2.24, 2.45) is 5.92 Å². The van der Waals surface area contributed by atoms with Crippen LogP contribution in [0.25, 0.3) is 0 Å². The number of hydrogen-bond acceptors (Lipinski definition) is 5. The van der Waals surface area contributed by atoms with Crippen molar-refractivity contribution in [3.05, 3.63) is 89.5 Å². The molecule has 2 atom stereocenters. The molecule has 3 rings (SSSR count).